The van der Waals surface area contributed by atoms with Crippen molar-refractivity contribution >= 4 is 11.9 Å². The van der Waals surface area contributed by atoms with Crippen molar-refractivity contribution in [2.24, 2.45) is 0 Å². The Balaban J connectivity index is 1.87. The summed E-state index contributed by atoms with van der Waals surface area (Å²) in [6.07, 6.45) is 5.87. The van der Waals surface area contributed by atoms with Gasteiger partial charge in [0.15, 0.2) is 5.76 Å². The van der Waals surface area contributed by atoms with Crippen molar-refractivity contribution < 1.29 is 24.2 Å². The molecule has 28 heavy (non-hydrogen) atoms. The van der Waals surface area contributed by atoms with Crippen molar-refractivity contribution in [1.82, 2.24) is 14.5 Å². The molecule has 0 fully saturated rings. The Morgan fingerprint density at radius 1 is 1.25 bits per heavy atom. The minimum absolute atomic E-state index is 0.0281. The Bertz CT molecular complexity index is 858. The first-order valence-electron chi connectivity index (χ1n) is 9.07. The fraction of sp³-hybridized carbons (Fsp3) is 0.350. The largest absolute Gasteiger partial charge is 0.503 e. The molecule has 0 unspecified atom stereocenters. The van der Waals surface area contributed by atoms with E-state index in [2.05, 4.69) is 4.98 Å². The number of esters is 1. The summed E-state index contributed by atoms with van der Waals surface area (Å²) >= 11 is 0. The van der Waals surface area contributed by atoms with Crippen LogP contribution in [0.15, 0.2) is 54.3 Å². The predicted octanol–water partition coefficient (Wildman–Crippen LogP) is 2.24. The number of aromatic nitrogens is 2. The minimum Gasteiger partial charge on any atom is -0.503 e. The molecule has 0 saturated carbocycles. The number of aliphatic hydroxyl groups excluding tert-OH is 1. The third-order valence-electron chi connectivity index (χ3n) is 4.61. The molecule has 1 aromatic heterocycles. The first-order valence-corrected chi connectivity index (χ1v) is 9.07. The molecule has 148 valence electrons. The third kappa shape index (κ3) is 3.85. The number of nitrogens with zero attached hydrogens (tertiary/aromatic N) is 3. The van der Waals surface area contributed by atoms with Gasteiger partial charge in [0, 0.05) is 25.5 Å². The Morgan fingerprint density at radius 2 is 2.00 bits per heavy atom. The minimum atomic E-state index is -0.708. The number of carbonyl (C=O) groups excluding carboxylic acids is 2. The number of aryl methyl sites for hydroxylation is 1. The Hall–Kier alpha value is -3.29. The van der Waals surface area contributed by atoms with E-state index in [1.54, 1.807) is 50.8 Å². The average molecular weight is 385 g/mol. The quantitative estimate of drug-likeness (QED) is 0.701. The van der Waals surface area contributed by atoms with E-state index in [9.17, 15) is 14.7 Å². The van der Waals surface area contributed by atoms with Crippen LogP contribution in [-0.2, 0) is 20.9 Å². The molecule has 1 aliphatic rings. The molecule has 0 radical (unpaired) electrons. The summed E-state index contributed by atoms with van der Waals surface area (Å²) < 4.78 is 12.2. The van der Waals surface area contributed by atoms with Crippen LogP contribution in [0.3, 0.4) is 0 Å². The van der Waals surface area contributed by atoms with Gasteiger partial charge in [0.25, 0.3) is 5.91 Å². The van der Waals surface area contributed by atoms with Crippen LogP contribution in [0.4, 0.5) is 0 Å². The number of imidazole rings is 1. The summed E-state index contributed by atoms with van der Waals surface area (Å²) in [5, 5.41) is 10.4. The fourth-order valence-corrected chi connectivity index (χ4v) is 3.28. The zero-order chi connectivity index (χ0) is 20.1. The van der Waals surface area contributed by atoms with Gasteiger partial charge >= 0.3 is 5.97 Å². The second-order valence-electron chi connectivity index (χ2n) is 6.31. The smallest absolute Gasteiger partial charge is 0.340 e. The Kier molecular flexibility index (Phi) is 5.98. The molecular formula is C20H23N3O5. The number of hydrogen-bond donors (Lipinski definition) is 1. The zero-order valence-corrected chi connectivity index (χ0v) is 15.9. The second kappa shape index (κ2) is 8.60. The lowest BCUT2D eigenvalue weighted by molar-refractivity contribution is -0.139. The number of rotatable bonds is 8. The maximum absolute atomic E-state index is 12.7. The van der Waals surface area contributed by atoms with Crippen molar-refractivity contribution in [2.45, 2.75) is 25.9 Å². The molecule has 1 amide bonds. The lowest BCUT2D eigenvalue weighted by Gasteiger charge is -2.26. The normalized spacial score (nSPS) is 16.6. The molecule has 0 bridgehead atoms. The fourth-order valence-electron chi connectivity index (χ4n) is 3.28. The topological polar surface area (TPSA) is 93.9 Å². The molecule has 2 heterocycles. The van der Waals surface area contributed by atoms with Crippen LogP contribution in [0.2, 0.25) is 0 Å². The van der Waals surface area contributed by atoms with Gasteiger partial charge in [-0.05, 0) is 31.0 Å². The summed E-state index contributed by atoms with van der Waals surface area (Å²) in [7, 11) is 1.56. The average Bonchev–Trinajstić information content (AvgIpc) is 3.30. The van der Waals surface area contributed by atoms with Crippen molar-refractivity contribution in [3.8, 4) is 5.75 Å². The van der Waals surface area contributed by atoms with Crippen LogP contribution in [0.5, 0.6) is 5.75 Å². The summed E-state index contributed by atoms with van der Waals surface area (Å²) in [6, 6.07) is 6.35. The summed E-state index contributed by atoms with van der Waals surface area (Å²) in [6.45, 7) is 2.85. The molecule has 3 rings (SSSR count). The van der Waals surface area contributed by atoms with Crippen molar-refractivity contribution in [2.75, 3.05) is 20.3 Å². The molecule has 8 nitrogen and oxygen atoms in total. The maximum atomic E-state index is 12.7. The highest BCUT2D eigenvalue weighted by molar-refractivity contribution is 6.06. The van der Waals surface area contributed by atoms with Gasteiger partial charge in [0.1, 0.15) is 11.3 Å². The van der Waals surface area contributed by atoms with Crippen molar-refractivity contribution in [3.05, 3.63) is 59.9 Å². The lowest BCUT2D eigenvalue weighted by atomic mass is 9.99. The van der Waals surface area contributed by atoms with Crippen LogP contribution in [0, 0.1) is 0 Å². The predicted molar refractivity (Wildman–Crippen MR) is 101 cm³/mol. The van der Waals surface area contributed by atoms with E-state index < -0.39 is 23.7 Å². The number of ether oxygens (including phenoxy) is 2. The van der Waals surface area contributed by atoms with Crippen LogP contribution in [0.25, 0.3) is 0 Å². The highest BCUT2D eigenvalue weighted by Gasteiger charge is 2.44. The number of methoxy groups -OCH3 is 1. The molecule has 0 saturated heterocycles. The standard InChI is InChI=1S/C20H23N3O5/c1-3-28-20(26)16-17(14-5-7-15(27-2)8-6-14)23(19(25)18(16)24)11-4-10-22-12-9-21-13-22/h5-9,12-13,17,24H,3-4,10-11H2,1-2H3/t17-/m0/s1. The van der Waals surface area contributed by atoms with Crippen molar-refractivity contribution in [1.29, 1.82) is 0 Å². The molecule has 8 heteroatoms. The van der Waals surface area contributed by atoms with Gasteiger partial charge in [0.05, 0.1) is 26.1 Å². The Morgan fingerprint density at radius 3 is 2.61 bits per heavy atom. The summed E-state index contributed by atoms with van der Waals surface area (Å²) in [5.41, 5.74) is 0.670. The highest BCUT2D eigenvalue weighted by Crippen LogP contribution is 2.38. The SMILES string of the molecule is CCOC(=O)C1=C(O)C(=O)N(CCCn2ccnc2)[C@H]1c1ccc(OC)cc1. The van der Waals surface area contributed by atoms with Crippen LogP contribution < -0.4 is 4.74 Å². The summed E-state index contributed by atoms with van der Waals surface area (Å²) in [5.74, 6) is -1.16. The lowest BCUT2D eigenvalue weighted by Crippen LogP contribution is -2.32. The van der Waals surface area contributed by atoms with Gasteiger partial charge in [-0.25, -0.2) is 9.78 Å². The molecule has 1 aliphatic heterocycles. The van der Waals surface area contributed by atoms with Crippen LogP contribution in [0.1, 0.15) is 24.9 Å². The molecule has 1 atom stereocenters. The number of amides is 1. The van der Waals surface area contributed by atoms with Gasteiger partial charge in [-0.15, -0.1) is 0 Å². The molecule has 2 aromatic rings. The maximum Gasteiger partial charge on any atom is 0.340 e. The summed E-state index contributed by atoms with van der Waals surface area (Å²) in [4.78, 5) is 30.6. The third-order valence-corrected chi connectivity index (χ3v) is 4.61. The van der Waals surface area contributed by atoms with Gasteiger partial charge in [-0.2, -0.15) is 0 Å². The van der Waals surface area contributed by atoms with E-state index in [-0.39, 0.29) is 12.2 Å². The molecule has 1 N–H and O–H groups in total. The van der Waals surface area contributed by atoms with Crippen molar-refractivity contribution in [3.63, 3.8) is 0 Å². The molecule has 1 aromatic carbocycles. The molecule has 0 aliphatic carbocycles. The van der Waals surface area contributed by atoms with Gasteiger partial charge in [0.2, 0.25) is 0 Å². The van der Waals surface area contributed by atoms with Crippen LogP contribution in [-0.4, -0.2) is 51.7 Å². The number of benzene rings is 1. The van der Waals surface area contributed by atoms with E-state index in [1.807, 2.05) is 10.8 Å². The highest BCUT2D eigenvalue weighted by atomic mass is 16.5. The first-order chi connectivity index (χ1) is 13.6. The van der Waals surface area contributed by atoms with E-state index >= 15 is 0 Å². The van der Waals surface area contributed by atoms with Gasteiger partial charge < -0.3 is 24.0 Å². The Labute approximate surface area is 163 Å². The number of hydrogen-bond acceptors (Lipinski definition) is 6. The zero-order valence-electron chi connectivity index (χ0n) is 15.9. The second-order valence-corrected chi connectivity index (χ2v) is 6.31. The van der Waals surface area contributed by atoms with Gasteiger partial charge in [-0.3, -0.25) is 4.79 Å². The first kappa shape index (κ1) is 19.5. The number of aliphatic hydroxyl groups is 1. The van der Waals surface area contributed by atoms with E-state index in [1.165, 1.54) is 4.90 Å². The van der Waals surface area contributed by atoms with Gasteiger partial charge in [-0.1, -0.05) is 12.1 Å². The number of carbonyl (C=O) groups is 2. The van der Waals surface area contributed by atoms with E-state index in [0.29, 0.717) is 30.8 Å². The van der Waals surface area contributed by atoms with E-state index in [4.69, 9.17) is 9.47 Å². The molecule has 0 spiro atoms. The van der Waals surface area contributed by atoms with E-state index in [0.717, 1.165) is 0 Å². The monoisotopic (exact) mass is 385 g/mol. The van der Waals surface area contributed by atoms with Crippen LogP contribution >= 0.6 is 0 Å². The molecular weight excluding hydrogens is 362 g/mol.